The fourth-order valence-corrected chi connectivity index (χ4v) is 0.510. The highest BCUT2D eigenvalue weighted by molar-refractivity contribution is 5.75. The van der Waals surface area contributed by atoms with Gasteiger partial charge in [0.25, 0.3) is 0 Å². The first-order valence-electron chi connectivity index (χ1n) is 6.31. The fourth-order valence-electron chi connectivity index (χ4n) is 0.510. The highest BCUT2D eigenvalue weighted by Crippen LogP contribution is 1.76. The van der Waals surface area contributed by atoms with Gasteiger partial charge in [-0.3, -0.25) is 9.59 Å². The van der Waals surface area contributed by atoms with Gasteiger partial charge < -0.3 is 10.1 Å². The Morgan fingerprint density at radius 3 is 1.78 bits per heavy atom. The van der Waals surface area contributed by atoms with Crippen molar-refractivity contribution in [1.29, 1.82) is 0 Å². The van der Waals surface area contributed by atoms with E-state index in [2.05, 4.69) is 36.7 Å². The first kappa shape index (κ1) is 25.4. The third-order valence-corrected chi connectivity index (χ3v) is 1.05. The van der Waals surface area contributed by atoms with Crippen LogP contribution in [0.1, 0.15) is 54.4 Å². The molecule has 18 heavy (non-hydrogen) atoms. The van der Waals surface area contributed by atoms with Crippen molar-refractivity contribution < 1.29 is 14.3 Å². The maximum atomic E-state index is 10.6. The van der Waals surface area contributed by atoms with Gasteiger partial charge in [-0.1, -0.05) is 41.0 Å². The number of esters is 1. The Kier molecular flexibility index (Phi) is 41.7. The molecule has 0 saturated heterocycles. The van der Waals surface area contributed by atoms with Gasteiger partial charge in [0.15, 0.2) is 0 Å². The number of ether oxygens (including phenoxy) is 1. The van der Waals surface area contributed by atoms with E-state index in [9.17, 15) is 9.59 Å². The van der Waals surface area contributed by atoms with E-state index >= 15 is 0 Å². The van der Waals surface area contributed by atoms with Gasteiger partial charge in [-0.25, -0.2) is 0 Å². The molecule has 0 heterocycles. The average molecular weight is 259 g/mol. The van der Waals surface area contributed by atoms with E-state index in [1.54, 1.807) is 6.92 Å². The molecule has 0 unspecified atom stereocenters. The third kappa shape index (κ3) is 47.0. The molecule has 0 aromatic heterocycles. The lowest BCUT2D eigenvalue weighted by Gasteiger charge is -2.02. The maximum Gasteiger partial charge on any atom is 0.302 e. The minimum atomic E-state index is -0.323. The zero-order valence-electron chi connectivity index (χ0n) is 12.7. The summed E-state index contributed by atoms with van der Waals surface area (Å²) in [6.07, 6.45) is 9.71. The quantitative estimate of drug-likeness (QED) is 0.480. The highest BCUT2D eigenvalue weighted by atomic mass is 16.5. The number of carbonyl (C=O) groups excluding carboxylic acids is 2. The molecule has 0 aliphatic carbocycles. The van der Waals surface area contributed by atoms with E-state index in [0.717, 1.165) is 0 Å². The summed E-state index contributed by atoms with van der Waals surface area (Å²) >= 11 is 0. The van der Waals surface area contributed by atoms with Gasteiger partial charge in [-0.2, -0.15) is 0 Å². The number of hydrogen-bond acceptors (Lipinski definition) is 3. The van der Waals surface area contributed by atoms with Crippen molar-refractivity contribution in [3.05, 3.63) is 0 Å². The van der Waals surface area contributed by atoms with Gasteiger partial charge in [0.2, 0.25) is 5.91 Å². The molecular weight excluding hydrogens is 230 g/mol. The van der Waals surface area contributed by atoms with Crippen LogP contribution in [-0.2, 0) is 14.3 Å². The fraction of sp³-hybridized carbons (Fsp3) is 0.714. The van der Waals surface area contributed by atoms with Crippen molar-refractivity contribution >= 4 is 11.9 Å². The molecule has 108 valence electrons. The summed E-state index contributed by atoms with van der Waals surface area (Å²) in [5.74, 6) is -0.354. The minimum absolute atomic E-state index is 0.0304. The van der Waals surface area contributed by atoms with Crippen LogP contribution in [0.5, 0.6) is 0 Å². The van der Waals surface area contributed by atoms with Crippen LogP contribution in [0.15, 0.2) is 0 Å². The second-order valence-corrected chi connectivity index (χ2v) is 2.75. The van der Waals surface area contributed by atoms with E-state index in [4.69, 9.17) is 0 Å². The molecule has 1 amide bonds. The molecule has 0 aromatic rings. The van der Waals surface area contributed by atoms with E-state index in [1.807, 2.05) is 13.8 Å². The molecule has 0 radical (unpaired) electrons. The average Bonchev–Trinajstić information content (AvgIpc) is 2.40. The van der Waals surface area contributed by atoms with Crippen molar-refractivity contribution in [2.75, 3.05) is 13.2 Å². The van der Waals surface area contributed by atoms with Crippen molar-refractivity contribution in [2.45, 2.75) is 54.4 Å². The van der Waals surface area contributed by atoms with Crippen LogP contribution < -0.4 is 5.32 Å². The van der Waals surface area contributed by atoms with Crippen molar-refractivity contribution in [2.24, 2.45) is 0 Å². The van der Waals surface area contributed by atoms with Crippen LogP contribution in [-0.4, -0.2) is 25.0 Å². The predicted molar refractivity (Wildman–Crippen MR) is 77.1 cm³/mol. The second kappa shape index (κ2) is 29.6. The Hall–Kier alpha value is -1.50. The number of carbonyl (C=O) groups is 2. The summed E-state index contributed by atoms with van der Waals surface area (Å²) in [5, 5.41) is 2.57. The number of hydrogen-bond donors (Lipinski definition) is 1. The molecule has 0 spiro atoms. The van der Waals surface area contributed by atoms with E-state index in [1.165, 1.54) is 13.3 Å². The monoisotopic (exact) mass is 259 g/mol. The molecular formula is C14H29NO3. The molecule has 0 aliphatic heterocycles. The van der Waals surface area contributed by atoms with Gasteiger partial charge in [0, 0.05) is 13.3 Å². The van der Waals surface area contributed by atoms with Gasteiger partial charge in [0.1, 0.15) is 6.61 Å². The zero-order chi connectivity index (χ0) is 15.4. The molecule has 0 fully saturated rings. The normalized spacial score (nSPS) is 6.89. The summed E-state index contributed by atoms with van der Waals surface area (Å²) in [6.45, 7) is 12.0. The van der Waals surface area contributed by atoms with Crippen LogP contribution >= 0.6 is 0 Å². The standard InChI is InChI=1S/C7H13NO3.C3H8.C2H6.C2H2/c1-3-7(10)8-4-5-11-6(2)9;1-3-2;2*1-2/h3-5H2,1-2H3,(H,8,10);3H2,1-2H3;1-2H3;1-2H. The first-order chi connectivity index (χ1) is 8.58. The Bertz CT molecular complexity index is 189. The Morgan fingerprint density at radius 2 is 1.50 bits per heavy atom. The van der Waals surface area contributed by atoms with Crippen molar-refractivity contribution in [3.63, 3.8) is 0 Å². The molecule has 0 aromatic carbocycles. The van der Waals surface area contributed by atoms with Gasteiger partial charge in [-0.15, -0.1) is 12.8 Å². The summed E-state index contributed by atoms with van der Waals surface area (Å²) in [4.78, 5) is 20.8. The van der Waals surface area contributed by atoms with Crippen molar-refractivity contribution in [3.8, 4) is 12.8 Å². The summed E-state index contributed by atoms with van der Waals surface area (Å²) in [7, 11) is 0. The lowest BCUT2D eigenvalue weighted by Crippen LogP contribution is -2.26. The minimum Gasteiger partial charge on any atom is -0.464 e. The number of terminal acetylenes is 1. The summed E-state index contributed by atoms with van der Waals surface area (Å²) in [5.41, 5.74) is 0. The number of rotatable bonds is 4. The number of nitrogens with one attached hydrogen (secondary N) is 1. The molecule has 0 atom stereocenters. The third-order valence-electron chi connectivity index (χ3n) is 1.05. The lowest BCUT2D eigenvalue weighted by atomic mass is 10.4. The van der Waals surface area contributed by atoms with Crippen LogP contribution in [0, 0.1) is 12.8 Å². The van der Waals surface area contributed by atoms with Gasteiger partial charge >= 0.3 is 5.97 Å². The molecule has 0 aliphatic rings. The van der Waals surface area contributed by atoms with Crippen LogP contribution in [0.2, 0.25) is 0 Å². The summed E-state index contributed by atoms with van der Waals surface area (Å²) in [6, 6.07) is 0. The van der Waals surface area contributed by atoms with E-state index < -0.39 is 0 Å². The molecule has 0 bridgehead atoms. The largest absolute Gasteiger partial charge is 0.464 e. The Morgan fingerprint density at radius 1 is 1.11 bits per heavy atom. The van der Waals surface area contributed by atoms with Crippen LogP contribution in [0.3, 0.4) is 0 Å². The molecule has 4 heteroatoms. The topological polar surface area (TPSA) is 55.4 Å². The van der Waals surface area contributed by atoms with Crippen LogP contribution in [0.4, 0.5) is 0 Å². The lowest BCUT2D eigenvalue weighted by molar-refractivity contribution is -0.141. The predicted octanol–water partition coefficient (Wildman–Crippen LogP) is 2.77. The Balaban J connectivity index is -0.000000118. The summed E-state index contributed by atoms with van der Waals surface area (Å²) < 4.78 is 4.58. The van der Waals surface area contributed by atoms with E-state index in [0.29, 0.717) is 13.0 Å². The Labute approximate surface area is 112 Å². The highest BCUT2D eigenvalue weighted by Gasteiger charge is 1.95. The van der Waals surface area contributed by atoms with Crippen molar-refractivity contribution in [1.82, 2.24) is 5.32 Å². The first-order valence-corrected chi connectivity index (χ1v) is 6.31. The zero-order valence-corrected chi connectivity index (χ0v) is 12.7. The molecule has 4 nitrogen and oxygen atoms in total. The maximum absolute atomic E-state index is 10.6. The number of amides is 1. The van der Waals surface area contributed by atoms with Crippen LogP contribution in [0.25, 0.3) is 0 Å². The molecule has 1 N–H and O–H groups in total. The SMILES string of the molecule is C#C.CC.CCC.CCC(=O)NCCOC(C)=O. The molecule has 0 rings (SSSR count). The second-order valence-electron chi connectivity index (χ2n) is 2.75. The smallest absolute Gasteiger partial charge is 0.302 e. The van der Waals surface area contributed by atoms with Gasteiger partial charge in [-0.05, 0) is 0 Å². The van der Waals surface area contributed by atoms with E-state index in [-0.39, 0.29) is 18.5 Å². The molecule has 0 saturated carbocycles. The van der Waals surface area contributed by atoms with Gasteiger partial charge in [0.05, 0.1) is 6.54 Å².